The molecule has 8 aliphatic rings. The maximum atomic E-state index is 2.83. The Bertz CT molecular complexity index is 2170. The monoisotopic (exact) mass is 746 g/mol. The standard InChI is InChI=1S/C25H25.C18H25.C7H6.Zr/c1-14-12-24(3,4)22-8-16-7-17-9-23-19(15(2)13-25(23,5)6)11-21(17)20(16)10-18(14)22;1-12-3-13(2)17(4-12)11-18-8-14-5-15(9-18)7-16(6-14)10-18;1-7-5-3-2-4-6-7;/h8-12H,7H2,1-6H3;4,12,14-16H,5-11H2,1-2H3;1-6H;. The van der Waals surface area contributed by atoms with E-state index in [1.807, 2.05) is 6.56 Å². The summed E-state index contributed by atoms with van der Waals surface area (Å²) in [7, 11) is 0. The molecule has 0 spiro atoms. The first-order valence-electron chi connectivity index (χ1n) is 20.3. The van der Waals surface area contributed by atoms with Crippen LogP contribution in [0.25, 0.3) is 22.3 Å². The van der Waals surface area contributed by atoms with Crippen molar-refractivity contribution in [1.29, 1.82) is 0 Å². The Balaban J connectivity index is 1.08. The van der Waals surface area contributed by atoms with Crippen LogP contribution in [0.1, 0.15) is 139 Å². The summed E-state index contributed by atoms with van der Waals surface area (Å²) in [5, 5.41) is 0. The molecule has 1 atom stereocenters. The van der Waals surface area contributed by atoms with E-state index in [0.29, 0.717) is 11.3 Å². The second-order valence-corrected chi connectivity index (χ2v) is 24.8. The van der Waals surface area contributed by atoms with Gasteiger partial charge >= 0.3 is 317 Å². The van der Waals surface area contributed by atoms with E-state index >= 15 is 0 Å². The molecule has 4 saturated carbocycles. The van der Waals surface area contributed by atoms with Gasteiger partial charge in [0.25, 0.3) is 0 Å². The van der Waals surface area contributed by atoms with Gasteiger partial charge in [-0.2, -0.15) is 0 Å². The SMILES string of the molecule is CC1=CC(C)(C)c2cc3c(cc21)-c1cc2c(cc1C3)C(C)(C)[C]([Zr](=[CH]c1ccccc1)[C]1=C(C)C(CC34CC5CC(CC(C5)C3)C4)=CC1C)=C2C. The molecule has 51 heavy (non-hydrogen) atoms. The number of benzene rings is 3. The topological polar surface area (TPSA) is 0 Å². The van der Waals surface area contributed by atoms with Crippen LogP contribution < -0.4 is 0 Å². The number of allylic oxidation sites excluding steroid dienone is 8. The number of rotatable bonds is 5. The first kappa shape index (κ1) is 33.0. The van der Waals surface area contributed by atoms with Gasteiger partial charge in [0, 0.05) is 0 Å². The van der Waals surface area contributed by atoms with Gasteiger partial charge in [-0.25, -0.2) is 0 Å². The van der Waals surface area contributed by atoms with Crippen molar-refractivity contribution >= 4 is 14.9 Å². The Kier molecular flexibility index (Phi) is 7.24. The Morgan fingerprint density at radius 1 is 0.725 bits per heavy atom. The van der Waals surface area contributed by atoms with Crippen molar-refractivity contribution in [1.82, 2.24) is 0 Å². The fraction of sp³-hybridized carbons (Fsp3) is 0.460. The molecule has 0 saturated heterocycles. The van der Waals surface area contributed by atoms with E-state index in [4.69, 9.17) is 0 Å². The van der Waals surface area contributed by atoms with Crippen LogP contribution in [0.3, 0.4) is 0 Å². The Hall–Kier alpha value is -2.63. The fourth-order valence-electron chi connectivity index (χ4n) is 13.5. The summed E-state index contributed by atoms with van der Waals surface area (Å²) in [6.45, 7) is 19.8. The molecule has 0 nitrogen and oxygen atoms in total. The fourth-order valence-corrected chi connectivity index (χ4v) is 22.3. The van der Waals surface area contributed by atoms with Gasteiger partial charge in [0.15, 0.2) is 0 Å². The molecule has 0 N–H and O–H groups in total. The summed E-state index contributed by atoms with van der Waals surface area (Å²) < 4.78 is 6.50. The molecule has 0 aliphatic heterocycles. The van der Waals surface area contributed by atoms with Crippen molar-refractivity contribution in [3.05, 3.63) is 123 Å². The van der Waals surface area contributed by atoms with Crippen molar-refractivity contribution in [3.8, 4) is 11.1 Å². The molecule has 1 heteroatoms. The predicted molar refractivity (Wildman–Crippen MR) is 214 cm³/mol. The van der Waals surface area contributed by atoms with Gasteiger partial charge in [-0.1, -0.05) is 0 Å². The third-order valence-corrected chi connectivity index (χ3v) is 23.9. The zero-order valence-electron chi connectivity index (χ0n) is 32.4. The zero-order valence-corrected chi connectivity index (χ0v) is 34.9. The summed E-state index contributed by atoms with van der Waals surface area (Å²) in [6, 6.07) is 21.8. The van der Waals surface area contributed by atoms with Crippen LogP contribution in [0.5, 0.6) is 0 Å². The quantitative estimate of drug-likeness (QED) is 0.191. The minimum absolute atomic E-state index is 0.0298. The van der Waals surface area contributed by atoms with Gasteiger partial charge in [-0.3, -0.25) is 0 Å². The first-order valence-corrected chi connectivity index (χ1v) is 24.1. The van der Waals surface area contributed by atoms with E-state index < -0.39 is 21.3 Å². The van der Waals surface area contributed by atoms with Crippen molar-refractivity contribution in [2.24, 2.45) is 29.1 Å². The third-order valence-electron chi connectivity index (χ3n) is 15.1. The van der Waals surface area contributed by atoms with Crippen LogP contribution in [0.2, 0.25) is 0 Å². The molecule has 0 amide bonds. The molecular formula is C50H56Zr. The van der Waals surface area contributed by atoms with Gasteiger partial charge in [-0.05, 0) is 0 Å². The van der Waals surface area contributed by atoms with Gasteiger partial charge < -0.3 is 0 Å². The van der Waals surface area contributed by atoms with Crippen LogP contribution in [-0.4, -0.2) is 3.71 Å². The molecule has 4 fully saturated rings. The molecule has 0 radical (unpaired) electrons. The molecule has 0 aromatic heterocycles. The predicted octanol–water partition coefficient (Wildman–Crippen LogP) is 12.9. The molecule has 1 unspecified atom stereocenters. The van der Waals surface area contributed by atoms with Crippen LogP contribution in [0.4, 0.5) is 0 Å². The Morgan fingerprint density at radius 2 is 1.33 bits per heavy atom. The summed E-state index contributed by atoms with van der Waals surface area (Å²) in [5.41, 5.74) is 20.7. The average Bonchev–Trinajstić information content (AvgIpc) is 3.69. The Labute approximate surface area is 315 Å². The van der Waals surface area contributed by atoms with Gasteiger partial charge in [0.05, 0.1) is 0 Å². The number of hydrogen-bond acceptors (Lipinski definition) is 0. The summed E-state index contributed by atoms with van der Waals surface area (Å²) in [6.07, 6.45) is 16.8. The van der Waals surface area contributed by atoms with E-state index in [2.05, 4.69) is 126 Å². The Morgan fingerprint density at radius 3 is 1.98 bits per heavy atom. The summed E-state index contributed by atoms with van der Waals surface area (Å²) in [5.74, 6) is 3.60. The zero-order chi connectivity index (χ0) is 35.2. The van der Waals surface area contributed by atoms with Crippen LogP contribution in [-0.2, 0) is 38.5 Å². The second kappa shape index (κ2) is 11.2. The maximum absolute atomic E-state index is 2.83. The number of hydrogen-bond donors (Lipinski definition) is 0. The molecule has 260 valence electrons. The summed E-state index contributed by atoms with van der Waals surface area (Å²) >= 11 is -2.56. The minimum atomic E-state index is -2.56. The van der Waals surface area contributed by atoms with E-state index in [9.17, 15) is 0 Å². The molecule has 3 aromatic carbocycles. The molecule has 8 aliphatic carbocycles. The van der Waals surface area contributed by atoms with Crippen LogP contribution >= 0.6 is 0 Å². The second-order valence-electron chi connectivity index (χ2n) is 19.5. The molecule has 4 bridgehead atoms. The normalized spacial score (nSPS) is 30.5. The molecular weight excluding hydrogens is 692 g/mol. The van der Waals surface area contributed by atoms with Crippen LogP contribution in [0, 0.1) is 29.1 Å². The molecule has 0 heterocycles. The average molecular weight is 748 g/mol. The van der Waals surface area contributed by atoms with Gasteiger partial charge in [-0.15, -0.1) is 0 Å². The van der Waals surface area contributed by atoms with E-state index in [0.717, 1.165) is 24.2 Å². The molecule has 3 aromatic rings. The van der Waals surface area contributed by atoms with Crippen molar-refractivity contribution in [3.63, 3.8) is 0 Å². The third kappa shape index (κ3) is 4.95. The summed E-state index contributed by atoms with van der Waals surface area (Å²) in [4.78, 5) is 0. The van der Waals surface area contributed by atoms with Crippen molar-refractivity contribution < 1.29 is 21.3 Å². The van der Waals surface area contributed by atoms with Gasteiger partial charge in [0.1, 0.15) is 0 Å². The van der Waals surface area contributed by atoms with Gasteiger partial charge in [0.2, 0.25) is 0 Å². The van der Waals surface area contributed by atoms with E-state index in [1.165, 1.54) is 95.0 Å². The molecule has 11 rings (SSSR count). The van der Waals surface area contributed by atoms with Crippen molar-refractivity contribution in [2.75, 3.05) is 0 Å². The van der Waals surface area contributed by atoms with E-state index in [1.54, 1.807) is 22.3 Å². The number of fused-ring (bicyclic) bond motifs is 5. The van der Waals surface area contributed by atoms with E-state index in [-0.39, 0.29) is 10.8 Å². The van der Waals surface area contributed by atoms with Crippen LogP contribution in [0.15, 0.2) is 84.5 Å². The van der Waals surface area contributed by atoms with Crippen molar-refractivity contribution in [2.45, 2.75) is 118 Å². The first-order chi connectivity index (χ1) is 24.3.